The number of piperidine rings is 1. The summed E-state index contributed by atoms with van der Waals surface area (Å²) in [5.74, 6) is 0.513. The molecular formula is C15H23N3O2. The number of rotatable bonds is 2. The predicted octanol–water partition coefficient (Wildman–Crippen LogP) is 3.24. The molecule has 1 aromatic heterocycles. The van der Waals surface area contributed by atoms with E-state index in [0.717, 1.165) is 13.0 Å². The molecule has 2 N–H and O–H groups in total. The fraction of sp³-hybridized carbons (Fsp3) is 0.600. The van der Waals surface area contributed by atoms with Crippen molar-refractivity contribution in [2.75, 3.05) is 11.9 Å². The van der Waals surface area contributed by atoms with Gasteiger partial charge in [-0.3, -0.25) is 5.32 Å². The van der Waals surface area contributed by atoms with E-state index in [2.05, 4.69) is 15.6 Å². The number of carbonyl (C=O) groups excluding carboxylic acids is 1. The Bertz CT molecular complexity index is 445. The highest BCUT2D eigenvalue weighted by molar-refractivity contribution is 5.83. The molecule has 1 atom stereocenters. The largest absolute Gasteiger partial charge is 0.444 e. The van der Waals surface area contributed by atoms with Crippen LogP contribution in [0.1, 0.15) is 51.6 Å². The zero-order chi connectivity index (χ0) is 14.6. The standard InChI is InChI=1S/C15H23N3O2/c1-15(2,3)20-14(19)18-13-8-7-11(10-17-13)12-6-4-5-9-16-12/h7-8,10,12,16H,4-6,9H2,1-3H3,(H,17,18,19). The summed E-state index contributed by atoms with van der Waals surface area (Å²) in [4.78, 5) is 15.9. The molecule has 0 radical (unpaired) electrons. The second-order valence-electron chi connectivity index (χ2n) is 6.11. The number of aromatic nitrogens is 1. The highest BCUT2D eigenvalue weighted by Gasteiger charge is 2.17. The van der Waals surface area contributed by atoms with Crippen LogP contribution in [0.4, 0.5) is 10.6 Å². The number of amides is 1. The van der Waals surface area contributed by atoms with Gasteiger partial charge in [0.2, 0.25) is 0 Å². The smallest absolute Gasteiger partial charge is 0.413 e. The number of hydrogen-bond acceptors (Lipinski definition) is 4. The zero-order valence-electron chi connectivity index (χ0n) is 12.4. The maximum absolute atomic E-state index is 11.6. The monoisotopic (exact) mass is 277 g/mol. The normalized spacial score (nSPS) is 19.4. The molecule has 1 fully saturated rings. The summed E-state index contributed by atoms with van der Waals surface area (Å²) in [5, 5.41) is 6.11. The maximum Gasteiger partial charge on any atom is 0.413 e. The van der Waals surface area contributed by atoms with Crippen molar-refractivity contribution in [1.82, 2.24) is 10.3 Å². The van der Waals surface area contributed by atoms with Crippen molar-refractivity contribution in [3.8, 4) is 0 Å². The molecule has 1 saturated heterocycles. The van der Waals surface area contributed by atoms with Gasteiger partial charge in [0.15, 0.2) is 0 Å². The molecule has 5 nitrogen and oxygen atoms in total. The summed E-state index contributed by atoms with van der Waals surface area (Å²) in [6.45, 7) is 6.55. The molecule has 0 aromatic carbocycles. The van der Waals surface area contributed by atoms with Gasteiger partial charge < -0.3 is 10.1 Å². The van der Waals surface area contributed by atoms with Crippen LogP contribution in [-0.2, 0) is 4.74 Å². The van der Waals surface area contributed by atoms with Crippen molar-refractivity contribution >= 4 is 11.9 Å². The number of hydrogen-bond donors (Lipinski definition) is 2. The molecule has 1 unspecified atom stereocenters. The maximum atomic E-state index is 11.6. The molecule has 1 amide bonds. The fourth-order valence-corrected chi connectivity index (χ4v) is 2.23. The van der Waals surface area contributed by atoms with Gasteiger partial charge in [-0.2, -0.15) is 0 Å². The second-order valence-corrected chi connectivity index (χ2v) is 6.11. The Morgan fingerprint density at radius 3 is 2.75 bits per heavy atom. The number of ether oxygens (including phenoxy) is 1. The third-order valence-electron chi connectivity index (χ3n) is 3.13. The van der Waals surface area contributed by atoms with Crippen molar-refractivity contribution in [1.29, 1.82) is 0 Å². The Balaban J connectivity index is 1.92. The van der Waals surface area contributed by atoms with E-state index in [0.29, 0.717) is 11.9 Å². The minimum absolute atomic E-state index is 0.381. The number of carbonyl (C=O) groups is 1. The van der Waals surface area contributed by atoms with Crippen LogP contribution in [0.15, 0.2) is 18.3 Å². The minimum atomic E-state index is -0.504. The Morgan fingerprint density at radius 1 is 1.40 bits per heavy atom. The Hall–Kier alpha value is -1.62. The van der Waals surface area contributed by atoms with Crippen LogP contribution in [0, 0.1) is 0 Å². The molecule has 2 rings (SSSR count). The van der Waals surface area contributed by atoms with Gasteiger partial charge in [0.1, 0.15) is 11.4 Å². The van der Waals surface area contributed by atoms with Gasteiger partial charge in [-0.05, 0) is 51.8 Å². The van der Waals surface area contributed by atoms with E-state index in [1.165, 1.54) is 18.4 Å². The summed E-state index contributed by atoms with van der Waals surface area (Å²) in [6, 6.07) is 4.20. The van der Waals surface area contributed by atoms with Crippen LogP contribution in [0.5, 0.6) is 0 Å². The Kier molecular flexibility index (Phi) is 4.60. The highest BCUT2D eigenvalue weighted by atomic mass is 16.6. The molecule has 0 bridgehead atoms. The van der Waals surface area contributed by atoms with E-state index < -0.39 is 11.7 Å². The topological polar surface area (TPSA) is 63.2 Å². The summed E-state index contributed by atoms with van der Waals surface area (Å²) in [7, 11) is 0. The second kappa shape index (κ2) is 6.22. The van der Waals surface area contributed by atoms with Crippen LogP contribution < -0.4 is 10.6 Å². The molecule has 0 saturated carbocycles. The van der Waals surface area contributed by atoms with Crippen LogP contribution in [0.3, 0.4) is 0 Å². The Labute approximate surface area is 120 Å². The van der Waals surface area contributed by atoms with E-state index >= 15 is 0 Å². The van der Waals surface area contributed by atoms with Gasteiger partial charge in [0.25, 0.3) is 0 Å². The van der Waals surface area contributed by atoms with Crippen LogP contribution in [0.25, 0.3) is 0 Å². The molecule has 1 aliphatic heterocycles. The van der Waals surface area contributed by atoms with Crippen LogP contribution >= 0.6 is 0 Å². The molecule has 110 valence electrons. The minimum Gasteiger partial charge on any atom is -0.444 e. The number of pyridine rings is 1. The first kappa shape index (κ1) is 14.8. The SMILES string of the molecule is CC(C)(C)OC(=O)Nc1ccc(C2CCCCN2)cn1. The van der Waals surface area contributed by atoms with E-state index in [4.69, 9.17) is 4.74 Å². The lowest BCUT2D eigenvalue weighted by molar-refractivity contribution is 0.0635. The van der Waals surface area contributed by atoms with Gasteiger partial charge in [0, 0.05) is 12.2 Å². The quantitative estimate of drug-likeness (QED) is 0.871. The van der Waals surface area contributed by atoms with E-state index in [1.54, 1.807) is 0 Å². The number of nitrogens with zero attached hydrogens (tertiary/aromatic N) is 1. The predicted molar refractivity (Wildman–Crippen MR) is 78.7 cm³/mol. The molecule has 2 heterocycles. The van der Waals surface area contributed by atoms with Gasteiger partial charge >= 0.3 is 6.09 Å². The van der Waals surface area contributed by atoms with Crippen LogP contribution in [-0.4, -0.2) is 23.2 Å². The highest BCUT2D eigenvalue weighted by Crippen LogP contribution is 2.22. The fourth-order valence-electron chi connectivity index (χ4n) is 2.23. The lowest BCUT2D eigenvalue weighted by Crippen LogP contribution is -2.28. The van der Waals surface area contributed by atoms with Gasteiger partial charge in [0.05, 0.1) is 0 Å². The summed E-state index contributed by atoms with van der Waals surface area (Å²) >= 11 is 0. The average Bonchev–Trinajstić information content (AvgIpc) is 2.38. The number of nitrogens with one attached hydrogen (secondary N) is 2. The molecular weight excluding hydrogens is 254 g/mol. The number of anilines is 1. The molecule has 1 aliphatic rings. The van der Waals surface area contributed by atoms with E-state index in [9.17, 15) is 4.79 Å². The molecule has 0 aliphatic carbocycles. The third-order valence-corrected chi connectivity index (χ3v) is 3.13. The molecule has 20 heavy (non-hydrogen) atoms. The lowest BCUT2D eigenvalue weighted by Gasteiger charge is -2.23. The van der Waals surface area contributed by atoms with Gasteiger partial charge in [-0.25, -0.2) is 9.78 Å². The molecule has 1 aromatic rings. The van der Waals surface area contributed by atoms with Crippen molar-refractivity contribution in [3.05, 3.63) is 23.9 Å². The summed E-state index contributed by atoms with van der Waals surface area (Å²) in [5.41, 5.74) is 0.662. The first-order chi connectivity index (χ1) is 9.44. The van der Waals surface area contributed by atoms with E-state index in [1.807, 2.05) is 39.1 Å². The molecule has 5 heteroatoms. The van der Waals surface area contributed by atoms with Crippen molar-refractivity contribution in [2.45, 2.75) is 51.7 Å². The average molecular weight is 277 g/mol. The van der Waals surface area contributed by atoms with Gasteiger partial charge in [-0.1, -0.05) is 12.5 Å². The Morgan fingerprint density at radius 2 is 2.20 bits per heavy atom. The summed E-state index contributed by atoms with van der Waals surface area (Å²) < 4.78 is 5.19. The molecule has 0 spiro atoms. The van der Waals surface area contributed by atoms with Crippen molar-refractivity contribution in [3.63, 3.8) is 0 Å². The first-order valence-corrected chi connectivity index (χ1v) is 7.13. The third kappa shape index (κ3) is 4.49. The first-order valence-electron chi connectivity index (χ1n) is 7.13. The van der Waals surface area contributed by atoms with Gasteiger partial charge in [-0.15, -0.1) is 0 Å². The van der Waals surface area contributed by atoms with Crippen LogP contribution in [0.2, 0.25) is 0 Å². The summed E-state index contributed by atoms with van der Waals surface area (Å²) in [6.07, 6.45) is 4.96. The van der Waals surface area contributed by atoms with E-state index in [-0.39, 0.29) is 0 Å². The van der Waals surface area contributed by atoms with Crippen molar-refractivity contribution in [2.24, 2.45) is 0 Å². The van der Waals surface area contributed by atoms with Crippen molar-refractivity contribution < 1.29 is 9.53 Å². The zero-order valence-corrected chi connectivity index (χ0v) is 12.4. The lowest BCUT2D eigenvalue weighted by atomic mass is 9.99.